The maximum Gasteiger partial charge on any atom is 0.0213 e. The number of halogens is 1. The summed E-state index contributed by atoms with van der Waals surface area (Å²) in [5, 5.41) is 7.16. The monoisotopic (exact) mass is 324 g/mol. The molecule has 2 nitrogen and oxygen atoms in total. The van der Waals surface area contributed by atoms with E-state index >= 15 is 0 Å². The van der Waals surface area contributed by atoms with Crippen LogP contribution in [0.4, 0.5) is 0 Å². The van der Waals surface area contributed by atoms with Crippen LogP contribution < -0.4 is 10.6 Å². The minimum absolute atomic E-state index is 0.156. The molecule has 106 valence electrons. The van der Waals surface area contributed by atoms with Gasteiger partial charge in [0.05, 0.1) is 0 Å². The van der Waals surface area contributed by atoms with E-state index in [1.165, 1.54) is 35.8 Å². The number of rotatable bonds is 6. The third kappa shape index (κ3) is 4.30. The molecule has 0 aromatic heterocycles. The highest BCUT2D eigenvalue weighted by Crippen LogP contribution is 2.29. The summed E-state index contributed by atoms with van der Waals surface area (Å²) in [7, 11) is 0. The second-order valence-corrected chi connectivity index (χ2v) is 6.98. The van der Waals surface area contributed by atoms with Gasteiger partial charge in [-0.2, -0.15) is 0 Å². The first-order valence-corrected chi connectivity index (χ1v) is 8.08. The molecule has 1 aromatic rings. The highest BCUT2D eigenvalue weighted by Gasteiger charge is 2.22. The zero-order chi connectivity index (χ0) is 13.7. The summed E-state index contributed by atoms with van der Waals surface area (Å²) in [5.74, 6) is 0. The summed E-state index contributed by atoms with van der Waals surface area (Å²) in [6, 6.07) is 9.26. The highest BCUT2D eigenvalue weighted by atomic mass is 79.9. The van der Waals surface area contributed by atoms with E-state index in [4.69, 9.17) is 0 Å². The average molecular weight is 325 g/mol. The van der Waals surface area contributed by atoms with E-state index in [1.54, 1.807) is 0 Å². The Morgan fingerprint density at radius 3 is 2.84 bits per heavy atom. The van der Waals surface area contributed by atoms with Gasteiger partial charge in [0, 0.05) is 22.5 Å². The molecule has 1 aromatic carbocycles. The van der Waals surface area contributed by atoms with Gasteiger partial charge < -0.3 is 10.6 Å². The maximum absolute atomic E-state index is 3.66. The summed E-state index contributed by atoms with van der Waals surface area (Å²) in [5.41, 5.74) is 1.53. The van der Waals surface area contributed by atoms with Crippen LogP contribution in [-0.2, 0) is 5.41 Å². The predicted molar refractivity (Wildman–Crippen MR) is 85.7 cm³/mol. The Morgan fingerprint density at radius 1 is 1.37 bits per heavy atom. The lowest BCUT2D eigenvalue weighted by Gasteiger charge is -2.27. The van der Waals surface area contributed by atoms with Crippen LogP contribution in [0.15, 0.2) is 28.7 Å². The van der Waals surface area contributed by atoms with Crippen LogP contribution in [0.1, 0.15) is 38.7 Å². The molecular weight excluding hydrogens is 300 g/mol. The zero-order valence-corrected chi connectivity index (χ0v) is 13.6. The molecule has 0 radical (unpaired) electrons. The Hall–Kier alpha value is -0.380. The van der Waals surface area contributed by atoms with Crippen LogP contribution in [-0.4, -0.2) is 25.7 Å². The van der Waals surface area contributed by atoms with Gasteiger partial charge in [-0.15, -0.1) is 0 Å². The maximum atomic E-state index is 3.66. The molecule has 1 fully saturated rings. The van der Waals surface area contributed by atoms with Gasteiger partial charge >= 0.3 is 0 Å². The summed E-state index contributed by atoms with van der Waals surface area (Å²) in [6.07, 6.45) is 3.93. The van der Waals surface area contributed by atoms with E-state index in [1.807, 2.05) is 0 Å². The van der Waals surface area contributed by atoms with Crippen molar-refractivity contribution in [2.75, 3.05) is 19.6 Å². The normalized spacial score (nSPS) is 19.8. The van der Waals surface area contributed by atoms with Gasteiger partial charge in [0.15, 0.2) is 0 Å². The van der Waals surface area contributed by atoms with Crippen molar-refractivity contribution in [1.82, 2.24) is 10.6 Å². The van der Waals surface area contributed by atoms with E-state index in [2.05, 4.69) is 64.7 Å². The van der Waals surface area contributed by atoms with Gasteiger partial charge in [0.25, 0.3) is 0 Å². The molecule has 2 N–H and O–H groups in total. The van der Waals surface area contributed by atoms with Gasteiger partial charge in [0.1, 0.15) is 0 Å². The van der Waals surface area contributed by atoms with Crippen LogP contribution >= 0.6 is 15.9 Å². The number of benzene rings is 1. The molecule has 2 rings (SSSR count). The first-order valence-electron chi connectivity index (χ1n) is 7.29. The second-order valence-electron chi connectivity index (χ2n) is 6.12. The Morgan fingerprint density at radius 2 is 2.16 bits per heavy atom. The molecule has 1 unspecified atom stereocenters. The van der Waals surface area contributed by atoms with Crippen molar-refractivity contribution >= 4 is 15.9 Å². The molecule has 1 heterocycles. The number of nitrogens with one attached hydrogen (secondary N) is 2. The van der Waals surface area contributed by atoms with Crippen molar-refractivity contribution in [3.05, 3.63) is 34.3 Å². The molecule has 19 heavy (non-hydrogen) atoms. The lowest BCUT2D eigenvalue weighted by molar-refractivity contribution is 0.445. The molecule has 1 saturated heterocycles. The topological polar surface area (TPSA) is 24.1 Å². The molecule has 0 aliphatic carbocycles. The fourth-order valence-corrected chi connectivity index (χ4v) is 3.61. The first-order chi connectivity index (χ1) is 9.09. The van der Waals surface area contributed by atoms with Crippen LogP contribution in [0.2, 0.25) is 0 Å². The van der Waals surface area contributed by atoms with Crippen molar-refractivity contribution in [2.24, 2.45) is 0 Å². The quantitative estimate of drug-likeness (QED) is 0.783. The van der Waals surface area contributed by atoms with E-state index in [-0.39, 0.29) is 5.41 Å². The Balaban J connectivity index is 1.79. The van der Waals surface area contributed by atoms with Gasteiger partial charge in [-0.1, -0.05) is 48.0 Å². The molecular formula is C16H25BrN2. The summed E-state index contributed by atoms with van der Waals surface area (Å²) >= 11 is 3.66. The zero-order valence-electron chi connectivity index (χ0n) is 12.0. The van der Waals surface area contributed by atoms with Crippen molar-refractivity contribution in [3.8, 4) is 0 Å². The lowest BCUT2D eigenvalue weighted by atomic mass is 9.84. The smallest absolute Gasteiger partial charge is 0.0213 e. The van der Waals surface area contributed by atoms with Crippen LogP contribution in [0.25, 0.3) is 0 Å². The van der Waals surface area contributed by atoms with Crippen LogP contribution in [0.3, 0.4) is 0 Å². The second kappa shape index (κ2) is 6.87. The summed E-state index contributed by atoms with van der Waals surface area (Å²) in [6.45, 7) is 7.92. The predicted octanol–water partition coefficient (Wildman–Crippen LogP) is 3.46. The molecule has 0 amide bonds. The van der Waals surface area contributed by atoms with Crippen LogP contribution in [0, 0.1) is 0 Å². The minimum atomic E-state index is 0.156. The van der Waals surface area contributed by atoms with E-state index in [0.717, 1.165) is 19.1 Å². The van der Waals surface area contributed by atoms with Crippen LogP contribution in [0.5, 0.6) is 0 Å². The van der Waals surface area contributed by atoms with Gasteiger partial charge in [-0.3, -0.25) is 0 Å². The van der Waals surface area contributed by atoms with Gasteiger partial charge in [-0.25, -0.2) is 0 Å². The van der Waals surface area contributed by atoms with E-state index in [0.29, 0.717) is 0 Å². The third-order valence-corrected chi connectivity index (χ3v) is 4.69. The Bertz CT molecular complexity index is 397. The number of hydrogen-bond acceptors (Lipinski definition) is 2. The van der Waals surface area contributed by atoms with E-state index < -0.39 is 0 Å². The molecule has 0 bridgehead atoms. The SMILES string of the molecule is CC(C)(CNCCC1CCCN1)c1ccccc1Br. The Kier molecular flexibility index (Phi) is 5.43. The van der Waals surface area contributed by atoms with Crippen molar-refractivity contribution in [3.63, 3.8) is 0 Å². The van der Waals surface area contributed by atoms with Crippen molar-refractivity contribution in [2.45, 2.75) is 44.6 Å². The van der Waals surface area contributed by atoms with Crippen molar-refractivity contribution < 1.29 is 0 Å². The summed E-state index contributed by atoms with van der Waals surface area (Å²) in [4.78, 5) is 0. The number of hydrogen-bond donors (Lipinski definition) is 2. The molecule has 1 atom stereocenters. The minimum Gasteiger partial charge on any atom is -0.316 e. The molecule has 0 spiro atoms. The largest absolute Gasteiger partial charge is 0.316 e. The molecule has 0 saturated carbocycles. The molecule has 3 heteroatoms. The van der Waals surface area contributed by atoms with Gasteiger partial charge in [-0.05, 0) is 44.0 Å². The fourth-order valence-electron chi connectivity index (χ4n) is 2.79. The van der Waals surface area contributed by atoms with Gasteiger partial charge in [0.2, 0.25) is 0 Å². The Labute approximate surface area is 125 Å². The lowest BCUT2D eigenvalue weighted by Crippen LogP contribution is -2.35. The summed E-state index contributed by atoms with van der Waals surface area (Å²) < 4.78 is 1.21. The average Bonchev–Trinajstić information content (AvgIpc) is 2.88. The van der Waals surface area contributed by atoms with E-state index in [9.17, 15) is 0 Å². The third-order valence-electron chi connectivity index (χ3n) is 4.00. The fraction of sp³-hybridized carbons (Fsp3) is 0.625. The molecule has 1 aliphatic rings. The van der Waals surface area contributed by atoms with Crippen molar-refractivity contribution in [1.29, 1.82) is 0 Å². The standard InChI is InChI=1S/C16H25BrN2/c1-16(2,14-7-3-4-8-15(14)17)12-18-11-9-13-6-5-10-19-13/h3-4,7-8,13,18-19H,5-6,9-12H2,1-2H3. The first kappa shape index (κ1) is 15.0. The molecule has 1 aliphatic heterocycles. The highest BCUT2D eigenvalue weighted by molar-refractivity contribution is 9.10.